The molecule has 0 atom stereocenters. The molecular weight excluding hydrogens is 320 g/mol. The third-order valence-corrected chi connectivity index (χ3v) is 4.23. The van der Waals surface area contributed by atoms with Gasteiger partial charge in [-0.15, -0.1) is 16.9 Å². The molecule has 0 radical (unpaired) electrons. The molecule has 0 fully saturated rings. The predicted molar refractivity (Wildman–Crippen MR) is 97.4 cm³/mol. The summed E-state index contributed by atoms with van der Waals surface area (Å²) in [5.41, 5.74) is 2.87. The number of aromatic nitrogens is 3. The van der Waals surface area contributed by atoms with E-state index in [1.165, 1.54) is 10.5 Å². The van der Waals surface area contributed by atoms with Crippen molar-refractivity contribution < 1.29 is 4.74 Å². The summed E-state index contributed by atoms with van der Waals surface area (Å²) in [6, 6.07) is 16.1. The van der Waals surface area contributed by atoms with Gasteiger partial charge < -0.3 is 10.1 Å². The molecule has 5 nitrogen and oxygen atoms in total. The van der Waals surface area contributed by atoms with E-state index in [0.717, 1.165) is 17.0 Å². The van der Waals surface area contributed by atoms with Gasteiger partial charge in [-0.3, -0.25) is 0 Å². The molecule has 24 heavy (non-hydrogen) atoms. The fraction of sp³-hybridized carbons (Fsp3) is 0.167. The van der Waals surface area contributed by atoms with Crippen molar-refractivity contribution in [2.75, 3.05) is 18.7 Å². The molecule has 1 heterocycles. The lowest BCUT2D eigenvalue weighted by molar-refractivity contribution is 0.415. The quantitative estimate of drug-likeness (QED) is 0.688. The van der Waals surface area contributed by atoms with Crippen LogP contribution in [0.25, 0.3) is 11.3 Å². The van der Waals surface area contributed by atoms with Crippen LogP contribution in [0.3, 0.4) is 0 Å². The first-order valence-corrected chi connectivity index (χ1v) is 8.72. The molecule has 0 spiro atoms. The second kappa shape index (κ2) is 7.79. The molecule has 0 bridgehead atoms. The average Bonchev–Trinajstić information content (AvgIpc) is 2.67. The maximum atomic E-state index is 5.25. The fourth-order valence-electron chi connectivity index (χ4n) is 2.26. The number of nitrogens with one attached hydrogen (secondary N) is 1. The van der Waals surface area contributed by atoms with E-state index in [-0.39, 0.29) is 0 Å². The van der Waals surface area contributed by atoms with Gasteiger partial charge in [0.25, 0.3) is 0 Å². The van der Waals surface area contributed by atoms with Crippen molar-refractivity contribution in [3.63, 3.8) is 0 Å². The van der Waals surface area contributed by atoms with Gasteiger partial charge in [0.1, 0.15) is 5.75 Å². The summed E-state index contributed by atoms with van der Waals surface area (Å²) >= 11 is 1.72. The highest BCUT2D eigenvalue weighted by atomic mass is 32.2. The third-order valence-electron chi connectivity index (χ3n) is 3.51. The highest BCUT2D eigenvalue weighted by molar-refractivity contribution is 7.98. The van der Waals surface area contributed by atoms with Crippen LogP contribution in [0.2, 0.25) is 0 Å². The van der Waals surface area contributed by atoms with Crippen molar-refractivity contribution in [2.24, 2.45) is 0 Å². The average molecular weight is 338 g/mol. The summed E-state index contributed by atoms with van der Waals surface area (Å²) in [6.07, 6.45) is 3.71. The molecule has 1 N–H and O–H groups in total. The van der Waals surface area contributed by atoms with E-state index < -0.39 is 0 Å². The van der Waals surface area contributed by atoms with Gasteiger partial charge in [0, 0.05) is 17.0 Å². The van der Waals surface area contributed by atoms with Gasteiger partial charge in [0.15, 0.2) is 0 Å². The number of hydrogen-bond acceptors (Lipinski definition) is 6. The fourth-order valence-corrected chi connectivity index (χ4v) is 2.75. The predicted octanol–water partition coefficient (Wildman–Crippen LogP) is 3.88. The zero-order chi connectivity index (χ0) is 16.8. The van der Waals surface area contributed by atoms with Crippen LogP contribution in [0.15, 0.2) is 59.6 Å². The van der Waals surface area contributed by atoms with E-state index in [2.05, 4.69) is 51.0 Å². The maximum absolute atomic E-state index is 5.25. The molecule has 0 aliphatic heterocycles. The van der Waals surface area contributed by atoms with Gasteiger partial charge in [-0.05, 0) is 36.1 Å². The number of nitrogens with zero attached hydrogens (tertiary/aromatic N) is 3. The summed E-state index contributed by atoms with van der Waals surface area (Å²) in [5, 5.41) is 11.3. The van der Waals surface area contributed by atoms with Crippen molar-refractivity contribution in [2.45, 2.75) is 11.4 Å². The Bertz CT molecular complexity index is 825. The number of rotatable bonds is 6. The minimum absolute atomic E-state index is 0.505. The molecule has 3 aromatic rings. The molecule has 0 saturated carbocycles. The van der Waals surface area contributed by atoms with Gasteiger partial charge in [-0.2, -0.15) is 5.10 Å². The minimum atomic E-state index is 0.505. The molecule has 0 aliphatic carbocycles. The van der Waals surface area contributed by atoms with Crippen LogP contribution >= 0.6 is 11.8 Å². The van der Waals surface area contributed by atoms with Crippen LogP contribution in [0, 0.1) is 0 Å². The van der Waals surface area contributed by atoms with Crippen molar-refractivity contribution in [1.82, 2.24) is 15.2 Å². The van der Waals surface area contributed by atoms with E-state index in [9.17, 15) is 0 Å². The molecule has 0 unspecified atom stereocenters. The highest BCUT2D eigenvalue weighted by Gasteiger charge is 2.05. The topological polar surface area (TPSA) is 59.9 Å². The second-order valence-electron chi connectivity index (χ2n) is 5.10. The van der Waals surface area contributed by atoms with Crippen LogP contribution in [0.5, 0.6) is 5.75 Å². The minimum Gasteiger partial charge on any atom is -0.497 e. The van der Waals surface area contributed by atoms with Crippen LogP contribution in [0.1, 0.15) is 5.56 Å². The Kier molecular flexibility index (Phi) is 5.28. The van der Waals surface area contributed by atoms with Gasteiger partial charge in [-0.1, -0.05) is 24.3 Å². The summed E-state index contributed by atoms with van der Waals surface area (Å²) in [4.78, 5) is 5.77. The van der Waals surface area contributed by atoms with Gasteiger partial charge >= 0.3 is 0 Å². The molecule has 0 amide bonds. The lowest BCUT2D eigenvalue weighted by Crippen LogP contribution is -2.05. The van der Waals surface area contributed by atoms with Crippen LogP contribution in [-0.4, -0.2) is 28.5 Å². The number of methoxy groups -OCH3 is 1. The highest BCUT2D eigenvalue weighted by Crippen LogP contribution is 2.22. The molecule has 0 aliphatic rings. The normalized spacial score (nSPS) is 10.4. The van der Waals surface area contributed by atoms with Gasteiger partial charge in [0.2, 0.25) is 5.95 Å². The van der Waals surface area contributed by atoms with E-state index in [1.807, 2.05) is 24.3 Å². The number of anilines is 1. The molecule has 6 heteroatoms. The summed E-state index contributed by atoms with van der Waals surface area (Å²) < 4.78 is 5.25. The lowest BCUT2D eigenvalue weighted by atomic mass is 10.1. The Balaban J connectivity index is 1.75. The Morgan fingerprint density at radius 3 is 2.83 bits per heavy atom. The summed E-state index contributed by atoms with van der Waals surface area (Å²) in [5.74, 6) is 1.29. The smallest absolute Gasteiger partial charge is 0.243 e. The molecule has 3 rings (SSSR count). The van der Waals surface area contributed by atoms with Crippen molar-refractivity contribution >= 4 is 17.7 Å². The van der Waals surface area contributed by atoms with E-state index in [4.69, 9.17) is 4.74 Å². The first-order chi connectivity index (χ1) is 11.8. The Morgan fingerprint density at radius 2 is 2.00 bits per heavy atom. The first-order valence-electron chi connectivity index (χ1n) is 7.49. The maximum Gasteiger partial charge on any atom is 0.243 e. The summed E-state index contributed by atoms with van der Waals surface area (Å²) in [6.45, 7) is 0.650. The Labute approximate surface area is 145 Å². The number of benzene rings is 2. The Hall–Kier alpha value is -2.60. The molecule has 0 saturated heterocycles. The molecular formula is C18H18N4OS. The lowest BCUT2D eigenvalue weighted by Gasteiger charge is -2.07. The Morgan fingerprint density at radius 1 is 1.12 bits per heavy atom. The molecule has 122 valence electrons. The van der Waals surface area contributed by atoms with Crippen LogP contribution in [-0.2, 0) is 6.54 Å². The SMILES string of the molecule is COc1cccc(-c2cnnc(NCc3cccc(SC)c3)n2)c1. The monoisotopic (exact) mass is 338 g/mol. The van der Waals surface area contributed by atoms with Crippen LogP contribution < -0.4 is 10.1 Å². The largest absolute Gasteiger partial charge is 0.497 e. The van der Waals surface area contributed by atoms with Crippen molar-refractivity contribution in [3.05, 3.63) is 60.3 Å². The zero-order valence-electron chi connectivity index (χ0n) is 13.6. The first kappa shape index (κ1) is 16.3. The van der Waals surface area contributed by atoms with Gasteiger partial charge in [0.05, 0.1) is 19.0 Å². The zero-order valence-corrected chi connectivity index (χ0v) is 14.4. The van der Waals surface area contributed by atoms with E-state index in [1.54, 1.807) is 25.1 Å². The van der Waals surface area contributed by atoms with E-state index >= 15 is 0 Å². The number of thioether (sulfide) groups is 1. The third kappa shape index (κ3) is 4.02. The number of hydrogen-bond donors (Lipinski definition) is 1. The number of ether oxygens (including phenoxy) is 1. The van der Waals surface area contributed by atoms with Crippen molar-refractivity contribution in [1.29, 1.82) is 0 Å². The van der Waals surface area contributed by atoms with Crippen molar-refractivity contribution in [3.8, 4) is 17.0 Å². The standard InChI is InChI=1S/C18H18N4OS/c1-23-15-7-4-6-14(10-15)17-12-20-22-18(21-17)19-11-13-5-3-8-16(9-13)24-2/h3-10,12H,11H2,1-2H3,(H,19,21,22). The second-order valence-corrected chi connectivity index (χ2v) is 5.98. The van der Waals surface area contributed by atoms with Crippen LogP contribution in [0.4, 0.5) is 5.95 Å². The van der Waals surface area contributed by atoms with Gasteiger partial charge in [-0.25, -0.2) is 4.98 Å². The molecule has 2 aromatic carbocycles. The van der Waals surface area contributed by atoms with E-state index in [0.29, 0.717) is 12.5 Å². The summed E-state index contributed by atoms with van der Waals surface area (Å²) in [7, 11) is 1.65. The molecule has 1 aromatic heterocycles.